The maximum Gasteiger partial charge on any atom is 0.416 e. The van der Waals surface area contributed by atoms with Crippen LogP contribution in [-0.2, 0) is 24.1 Å². The molecule has 1 N–H and O–H groups in total. The number of alkyl halides is 3. The van der Waals surface area contributed by atoms with Crippen molar-refractivity contribution in [3.8, 4) is 0 Å². The van der Waals surface area contributed by atoms with Gasteiger partial charge in [0.2, 0.25) is 5.91 Å². The molecule has 0 atom stereocenters. The first-order valence-corrected chi connectivity index (χ1v) is 13.7. The zero-order valence-corrected chi connectivity index (χ0v) is 22.2. The molecule has 5 nitrogen and oxygen atoms in total. The van der Waals surface area contributed by atoms with Crippen molar-refractivity contribution in [3.05, 3.63) is 87.6 Å². The summed E-state index contributed by atoms with van der Waals surface area (Å²) in [5, 5.41) is 4.72. The minimum Gasteiger partial charge on any atom is -0.332 e. The average molecular weight is 544 g/mol. The SMILES string of the molecule is Cc1ccsc1CN(Cc1ccccc1)C(=O)CN(C(=O)Nc1ccc(C(F)(F)F)cc1)C1CCCCC1. The van der Waals surface area contributed by atoms with E-state index in [2.05, 4.69) is 5.32 Å². The normalized spacial score (nSPS) is 14.2. The molecule has 0 saturated heterocycles. The standard InChI is InChI=1S/C29H32F3N3O2S/c1-21-16-17-38-26(21)19-34(18-22-8-4-2-5-9-22)27(36)20-35(25-10-6-3-7-11-25)28(37)33-24-14-12-23(13-15-24)29(30,31)32/h2,4-5,8-9,12-17,25H,3,6-7,10-11,18-20H2,1H3,(H,33,37). The molecule has 1 aliphatic carbocycles. The highest BCUT2D eigenvalue weighted by Crippen LogP contribution is 2.30. The first-order chi connectivity index (χ1) is 18.2. The third-order valence-corrected chi connectivity index (χ3v) is 7.92. The van der Waals surface area contributed by atoms with Crippen LogP contribution in [0.15, 0.2) is 66.0 Å². The number of amides is 3. The topological polar surface area (TPSA) is 52.7 Å². The summed E-state index contributed by atoms with van der Waals surface area (Å²) in [6.45, 7) is 2.77. The number of hydrogen-bond acceptors (Lipinski definition) is 3. The molecule has 0 radical (unpaired) electrons. The average Bonchev–Trinajstić information content (AvgIpc) is 3.31. The van der Waals surface area contributed by atoms with Crippen LogP contribution in [0.3, 0.4) is 0 Å². The van der Waals surface area contributed by atoms with E-state index >= 15 is 0 Å². The molecule has 0 spiro atoms. The molecule has 0 aliphatic heterocycles. The van der Waals surface area contributed by atoms with Crippen LogP contribution >= 0.6 is 11.3 Å². The second-order valence-corrected chi connectivity index (χ2v) is 10.7. The Morgan fingerprint density at radius 3 is 2.24 bits per heavy atom. The van der Waals surface area contributed by atoms with Crippen LogP contribution in [-0.4, -0.2) is 34.3 Å². The number of benzene rings is 2. The molecule has 4 rings (SSSR count). The van der Waals surface area contributed by atoms with Crippen LogP contribution in [0.2, 0.25) is 0 Å². The number of halogens is 3. The number of urea groups is 1. The van der Waals surface area contributed by atoms with Crippen molar-refractivity contribution in [3.63, 3.8) is 0 Å². The second kappa shape index (κ2) is 12.5. The molecular weight excluding hydrogens is 511 g/mol. The van der Waals surface area contributed by atoms with E-state index in [1.807, 2.05) is 48.7 Å². The van der Waals surface area contributed by atoms with Crippen molar-refractivity contribution in [1.82, 2.24) is 9.80 Å². The lowest BCUT2D eigenvalue weighted by Crippen LogP contribution is -2.49. The fourth-order valence-corrected chi connectivity index (χ4v) is 5.64. The van der Waals surface area contributed by atoms with E-state index in [4.69, 9.17) is 0 Å². The quantitative estimate of drug-likeness (QED) is 0.320. The Morgan fingerprint density at radius 1 is 0.947 bits per heavy atom. The summed E-state index contributed by atoms with van der Waals surface area (Å²) in [4.78, 5) is 31.6. The minimum atomic E-state index is -4.45. The predicted molar refractivity (Wildman–Crippen MR) is 144 cm³/mol. The second-order valence-electron chi connectivity index (χ2n) is 9.69. The summed E-state index contributed by atoms with van der Waals surface area (Å²) < 4.78 is 38.9. The number of aryl methyl sites for hydroxylation is 1. The Hall–Kier alpha value is -3.33. The summed E-state index contributed by atoms with van der Waals surface area (Å²) in [6, 6.07) is 15.5. The van der Waals surface area contributed by atoms with E-state index in [0.29, 0.717) is 13.1 Å². The zero-order chi connectivity index (χ0) is 27.1. The molecule has 3 aromatic rings. The monoisotopic (exact) mass is 543 g/mol. The smallest absolute Gasteiger partial charge is 0.332 e. The van der Waals surface area contributed by atoms with Gasteiger partial charge in [-0.3, -0.25) is 4.79 Å². The van der Waals surface area contributed by atoms with Gasteiger partial charge in [0.15, 0.2) is 0 Å². The first kappa shape index (κ1) is 27.7. The molecule has 3 amide bonds. The van der Waals surface area contributed by atoms with Crippen molar-refractivity contribution in [1.29, 1.82) is 0 Å². The Balaban J connectivity index is 1.53. The Morgan fingerprint density at radius 2 is 1.63 bits per heavy atom. The first-order valence-electron chi connectivity index (χ1n) is 12.8. The van der Waals surface area contributed by atoms with Gasteiger partial charge in [-0.15, -0.1) is 11.3 Å². The number of nitrogens with one attached hydrogen (secondary N) is 1. The summed E-state index contributed by atoms with van der Waals surface area (Å²) in [5.74, 6) is -0.171. The van der Waals surface area contributed by atoms with E-state index in [0.717, 1.165) is 60.2 Å². The van der Waals surface area contributed by atoms with Gasteiger partial charge in [0.25, 0.3) is 0 Å². The van der Waals surface area contributed by atoms with Crippen molar-refractivity contribution in [2.75, 3.05) is 11.9 Å². The maximum atomic E-state index is 13.7. The number of hydrogen-bond donors (Lipinski definition) is 1. The van der Waals surface area contributed by atoms with E-state index in [-0.39, 0.29) is 24.2 Å². The van der Waals surface area contributed by atoms with Crippen LogP contribution < -0.4 is 5.32 Å². The summed E-state index contributed by atoms with van der Waals surface area (Å²) in [5.41, 5.74) is 1.58. The van der Waals surface area contributed by atoms with Crippen molar-refractivity contribution in [2.24, 2.45) is 0 Å². The van der Waals surface area contributed by atoms with Crippen LogP contribution in [0.4, 0.5) is 23.7 Å². The minimum absolute atomic E-state index is 0.103. The Labute approximate surface area is 225 Å². The fraction of sp³-hybridized carbons (Fsp3) is 0.379. The highest BCUT2D eigenvalue weighted by Gasteiger charge is 2.31. The highest BCUT2D eigenvalue weighted by atomic mass is 32.1. The van der Waals surface area contributed by atoms with Crippen LogP contribution in [0.25, 0.3) is 0 Å². The fourth-order valence-electron chi connectivity index (χ4n) is 4.72. The van der Waals surface area contributed by atoms with Gasteiger partial charge >= 0.3 is 12.2 Å². The van der Waals surface area contributed by atoms with Gasteiger partial charge in [0.05, 0.1) is 12.1 Å². The van der Waals surface area contributed by atoms with Gasteiger partial charge in [-0.05, 0) is 66.6 Å². The van der Waals surface area contributed by atoms with Gasteiger partial charge < -0.3 is 15.1 Å². The number of carbonyl (C=O) groups excluding carboxylic acids is 2. The largest absolute Gasteiger partial charge is 0.416 e. The number of carbonyl (C=O) groups is 2. The molecule has 9 heteroatoms. The molecule has 1 fully saturated rings. The Kier molecular flexibility index (Phi) is 9.09. The molecule has 0 unspecified atom stereocenters. The van der Waals surface area contributed by atoms with Crippen LogP contribution in [0, 0.1) is 6.92 Å². The number of nitrogens with zero attached hydrogens (tertiary/aromatic N) is 2. The van der Waals surface area contributed by atoms with Gasteiger partial charge in [0.1, 0.15) is 6.54 Å². The molecule has 0 bridgehead atoms. The summed E-state index contributed by atoms with van der Waals surface area (Å²) in [6.07, 6.45) is 0.131. The lowest BCUT2D eigenvalue weighted by molar-refractivity contribution is -0.137. The maximum absolute atomic E-state index is 13.7. The van der Waals surface area contributed by atoms with Gasteiger partial charge in [-0.25, -0.2) is 4.79 Å². The Bertz CT molecular complexity index is 1210. The third-order valence-electron chi connectivity index (χ3n) is 6.92. The molecule has 38 heavy (non-hydrogen) atoms. The van der Waals surface area contributed by atoms with Gasteiger partial charge in [-0.2, -0.15) is 13.2 Å². The number of anilines is 1. The number of thiophene rings is 1. The van der Waals surface area contributed by atoms with E-state index in [1.54, 1.807) is 21.1 Å². The third kappa shape index (κ3) is 7.37. The lowest BCUT2D eigenvalue weighted by Gasteiger charge is -2.35. The molecule has 202 valence electrons. The van der Waals surface area contributed by atoms with E-state index in [9.17, 15) is 22.8 Å². The van der Waals surface area contributed by atoms with Gasteiger partial charge in [-0.1, -0.05) is 49.6 Å². The molecule has 1 aliphatic rings. The highest BCUT2D eigenvalue weighted by molar-refractivity contribution is 7.10. The van der Waals surface area contributed by atoms with Crippen molar-refractivity contribution >= 4 is 29.0 Å². The summed E-state index contributed by atoms with van der Waals surface area (Å²) >= 11 is 1.60. The zero-order valence-electron chi connectivity index (χ0n) is 21.3. The molecule has 1 aromatic heterocycles. The molecule has 2 aromatic carbocycles. The van der Waals surface area contributed by atoms with E-state index in [1.165, 1.54) is 12.1 Å². The lowest BCUT2D eigenvalue weighted by atomic mass is 9.94. The predicted octanol–water partition coefficient (Wildman–Crippen LogP) is 7.47. The van der Waals surface area contributed by atoms with Gasteiger partial charge in [0, 0.05) is 23.2 Å². The molecule has 1 heterocycles. The van der Waals surface area contributed by atoms with Crippen LogP contribution in [0.5, 0.6) is 0 Å². The van der Waals surface area contributed by atoms with E-state index < -0.39 is 17.8 Å². The number of rotatable bonds is 8. The van der Waals surface area contributed by atoms with Crippen molar-refractivity contribution < 1.29 is 22.8 Å². The van der Waals surface area contributed by atoms with Crippen LogP contribution in [0.1, 0.15) is 53.7 Å². The van der Waals surface area contributed by atoms with Crippen molar-refractivity contribution in [2.45, 2.75) is 64.3 Å². The molecular formula is C29H32F3N3O2S. The molecule has 1 saturated carbocycles. The summed E-state index contributed by atoms with van der Waals surface area (Å²) in [7, 11) is 0.